The van der Waals surface area contributed by atoms with E-state index in [0.717, 1.165) is 16.6 Å². The van der Waals surface area contributed by atoms with E-state index in [1.807, 2.05) is 6.07 Å². The van der Waals surface area contributed by atoms with Crippen LogP contribution in [0.2, 0.25) is 5.28 Å². The Morgan fingerprint density at radius 1 is 1.25 bits per heavy atom. The van der Waals surface area contributed by atoms with Crippen LogP contribution >= 0.6 is 22.9 Å². The van der Waals surface area contributed by atoms with Crippen LogP contribution in [0.25, 0.3) is 10.2 Å². The number of benzene rings is 1. The zero-order valence-corrected chi connectivity index (χ0v) is 12.1. The Morgan fingerprint density at radius 3 is 2.70 bits per heavy atom. The minimum Gasteiger partial charge on any atom is -0.438 e. The van der Waals surface area contributed by atoms with E-state index < -0.39 is 0 Å². The molecule has 102 valence electrons. The smallest absolute Gasteiger partial charge is 0.232 e. The number of hydrogen-bond acceptors (Lipinski definition) is 4. The van der Waals surface area contributed by atoms with Gasteiger partial charge >= 0.3 is 0 Å². The van der Waals surface area contributed by atoms with E-state index in [0.29, 0.717) is 11.6 Å². The second kappa shape index (κ2) is 5.34. The third-order valence-electron chi connectivity index (χ3n) is 2.76. The highest BCUT2D eigenvalue weighted by atomic mass is 35.5. The number of thiophene rings is 1. The highest BCUT2D eigenvalue weighted by molar-refractivity contribution is 7.18. The molecule has 1 aromatic carbocycles. The SMILES string of the molecule is CCc1cc2c(Oc3ccc(F)cc3)nc(Cl)nc2s1. The molecule has 0 unspecified atom stereocenters. The van der Waals surface area contributed by atoms with Crippen LogP contribution in [0.1, 0.15) is 11.8 Å². The first kappa shape index (κ1) is 13.3. The Morgan fingerprint density at radius 2 is 2.00 bits per heavy atom. The molecule has 0 radical (unpaired) electrons. The topological polar surface area (TPSA) is 35.0 Å². The zero-order valence-electron chi connectivity index (χ0n) is 10.6. The van der Waals surface area contributed by atoms with Crippen molar-refractivity contribution in [3.05, 3.63) is 46.3 Å². The normalized spacial score (nSPS) is 10.9. The van der Waals surface area contributed by atoms with Crippen molar-refractivity contribution in [3.63, 3.8) is 0 Å². The van der Waals surface area contributed by atoms with Crippen LogP contribution in [-0.4, -0.2) is 9.97 Å². The molecule has 0 atom stereocenters. The average Bonchev–Trinajstić information content (AvgIpc) is 2.84. The molecule has 20 heavy (non-hydrogen) atoms. The van der Waals surface area contributed by atoms with Crippen molar-refractivity contribution in [2.75, 3.05) is 0 Å². The van der Waals surface area contributed by atoms with Crippen LogP contribution in [0.3, 0.4) is 0 Å². The minimum absolute atomic E-state index is 0.138. The van der Waals surface area contributed by atoms with Crippen molar-refractivity contribution in [2.45, 2.75) is 13.3 Å². The quantitative estimate of drug-likeness (QED) is 0.649. The van der Waals surface area contributed by atoms with E-state index in [1.54, 1.807) is 23.5 Å². The molecule has 0 aliphatic carbocycles. The summed E-state index contributed by atoms with van der Waals surface area (Å²) in [5, 5.41) is 0.958. The number of nitrogens with zero attached hydrogens (tertiary/aromatic N) is 2. The lowest BCUT2D eigenvalue weighted by Gasteiger charge is -2.05. The van der Waals surface area contributed by atoms with Crippen molar-refractivity contribution >= 4 is 33.2 Å². The number of fused-ring (bicyclic) bond motifs is 1. The molecule has 3 aromatic rings. The van der Waals surface area contributed by atoms with Gasteiger partial charge in [0.05, 0.1) is 5.39 Å². The second-order valence-electron chi connectivity index (χ2n) is 4.14. The summed E-state index contributed by atoms with van der Waals surface area (Å²) in [5.41, 5.74) is 0. The number of halogens is 2. The third kappa shape index (κ3) is 2.59. The fourth-order valence-corrected chi connectivity index (χ4v) is 2.96. The first-order valence-corrected chi connectivity index (χ1v) is 7.24. The molecule has 2 heterocycles. The van der Waals surface area contributed by atoms with Crippen molar-refractivity contribution in [3.8, 4) is 11.6 Å². The highest BCUT2D eigenvalue weighted by Crippen LogP contribution is 2.34. The predicted molar refractivity (Wildman–Crippen MR) is 78.3 cm³/mol. The van der Waals surface area contributed by atoms with Crippen molar-refractivity contribution in [1.82, 2.24) is 9.97 Å². The third-order valence-corrected chi connectivity index (χ3v) is 4.10. The maximum Gasteiger partial charge on any atom is 0.232 e. The lowest BCUT2D eigenvalue weighted by Crippen LogP contribution is -1.91. The van der Waals surface area contributed by atoms with Crippen LogP contribution in [0, 0.1) is 5.82 Å². The van der Waals surface area contributed by atoms with Gasteiger partial charge in [-0.25, -0.2) is 9.37 Å². The molecular weight excluding hydrogens is 299 g/mol. The monoisotopic (exact) mass is 308 g/mol. The molecule has 0 spiro atoms. The Bertz CT molecular complexity index is 758. The lowest BCUT2D eigenvalue weighted by molar-refractivity contribution is 0.466. The summed E-state index contributed by atoms with van der Waals surface area (Å²) in [6.07, 6.45) is 0.911. The number of hydrogen-bond donors (Lipinski definition) is 0. The van der Waals surface area contributed by atoms with Crippen molar-refractivity contribution in [2.24, 2.45) is 0 Å². The van der Waals surface area contributed by atoms with Gasteiger partial charge in [0.15, 0.2) is 0 Å². The molecule has 2 aromatic heterocycles. The Kier molecular flexibility index (Phi) is 3.54. The summed E-state index contributed by atoms with van der Waals surface area (Å²) >= 11 is 7.48. The van der Waals surface area contributed by atoms with Gasteiger partial charge in [-0.05, 0) is 48.4 Å². The summed E-state index contributed by atoms with van der Waals surface area (Å²) in [4.78, 5) is 10.3. The lowest BCUT2D eigenvalue weighted by atomic mass is 10.3. The Balaban J connectivity index is 2.05. The van der Waals surface area contributed by atoms with Gasteiger partial charge in [0.1, 0.15) is 16.4 Å². The second-order valence-corrected chi connectivity index (χ2v) is 5.59. The predicted octanol–water partition coefficient (Wildman–Crippen LogP) is 4.84. The molecule has 6 heteroatoms. The van der Waals surface area contributed by atoms with Gasteiger partial charge in [0.2, 0.25) is 11.2 Å². The van der Waals surface area contributed by atoms with Gasteiger partial charge in [-0.3, -0.25) is 0 Å². The standard InChI is InChI=1S/C14H10ClFN2OS/c1-2-10-7-11-12(17-14(15)18-13(11)20-10)19-9-5-3-8(16)4-6-9/h3-7H,2H2,1H3. The van der Waals surface area contributed by atoms with E-state index in [2.05, 4.69) is 16.9 Å². The molecule has 0 aliphatic rings. The summed E-state index contributed by atoms with van der Waals surface area (Å²) in [6, 6.07) is 7.75. The van der Waals surface area contributed by atoms with E-state index in [4.69, 9.17) is 16.3 Å². The van der Waals surface area contributed by atoms with Crippen LogP contribution in [0.5, 0.6) is 11.6 Å². The van der Waals surface area contributed by atoms with Crippen molar-refractivity contribution in [1.29, 1.82) is 0 Å². The van der Waals surface area contributed by atoms with E-state index in [1.165, 1.54) is 17.0 Å². The van der Waals surface area contributed by atoms with Gasteiger partial charge in [-0.15, -0.1) is 11.3 Å². The van der Waals surface area contributed by atoms with Crippen molar-refractivity contribution < 1.29 is 9.13 Å². The van der Waals surface area contributed by atoms with Gasteiger partial charge in [-0.2, -0.15) is 4.98 Å². The maximum atomic E-state index is 12.9. The largest absolute Gasteiger partial charge is 0.438 e. The highest BCUT2D eigenvalue weighted by Gasteiger charge is 2.12. The van der Waals surface area contributed by atoms with E-state index >= 15 is 0 Å². The number of aromatic nitrogens is 2. The van der Waals surface area contributed by atoms with Gasteiger partial charge < -0.3 is 4.74 Å². The summed E-state index contributed by atoms with van der Waals surface area (Å²) in [5.74, 6) is 0.585. The first-order chi connectivity index (χ1) is 9.65. The van der Waals surface area contributed by atoms with E-state index in [9.17, 15) is 4.39 Å². The summed E-state index contributed by atoms with van der Waals surface area (Å²) < 4.78 is 18.6. The maximum absolute atomic E-state index is 12.9. The molecule has 3 rings (SSSR count). The molecule has 0 aliphatic heterocycles. The average molecular weight is 309 g/mol. The van der Waals surface area contributed by atoms with Crippen LogP contribution in [0.15, 0.2) is 30.3 Å². The summed E-state index contributed by atoms with van der Waals surface area (Å²) in [6.45, 7) is 2.07. The summed E-state index contributed by atoms with van der Waals surface area (Å²) in [7, 11) is 0. The first-order valence-electron chi connectivity index (χ1n) is 6.05. The molecule has 0 fully saturated rings. The molecule has 0 saturated carbocycles. The Labute approximate surface area is 124 Å². The molecular formula is C14H10ClFN2OS. The Hall–Kier alpha value is -1.72. The van der Waals surface area contributed by atoms with Crippen LogP contribution in [0.4, 0.5) is 4.39 Å². The number of ether oxygens (including phenoxy) is 1. The van der Waals surface area contributed by atoms with Gasteiger partial charge in [0.25, 0.3) is 0 Å². The molecule has 0 N–H and O–H groups in total. The van der Waals surface area contributed by atoms with Crippen LogP contribution < -0.4 is 4.74 Å². The minimum atomic E-state index is -0.313. The van der Waals surface area contributed by atoms with Gasteiger partial charge in [0, 0.05) is 4.88 Å². The fraction of sp³-hybridized carbons (Fsp3) is 0.143. The zero-order chi connectivity index (χ0) is 14.1. The molecule has 3 nitrogen and oxygen atoms in total. The fourth-order valence-electron chi connectivity index (χ4n) is 1.79. The van der Waals surface area contributed by atoms with E-state index in [-0.39, 0.29) is 11.1 Å². The number of rotatable bonds is 3. The molecule has 0 amide bonds. The molecule has 0 saturated heterocycles. The molecule has 0 bridgehead atoms. The van der Waals surface area contributed by atoms with Crippen LogP contribution in [-0.2, 0) is 6.42 Å². The number of aryl methyl sites for hydroxylation is 1. The van der Waals surface area contributed by atoms with Gasteiger partial charge in [-0.1, -0.05) is 6.92 Å².